The predicted octanol–water partition coefficient (Wildman–Crippen LogP) is 3.11. The molecule has 1 aromatic carbocycles. The first-order chi connectivity index (χ1) is 14.9. The normalized spacial score (nSPS) is 19.7. The van der Waals surface area contributed by atoms with Crippen molar-refractivity contribution in [2.45, 2.75) is 52.5 Å². The molecule has 8 heteroatoms. The maximum Gasteiger partial charge on any atom is 0.281 e. The summed E-state index contributed by atoms with van der Waals surface area (Å²) < 4.78 is 29.0. The quantitative estimate of drug-likeness (QED) is 0.658. The Kier molecular flexibility index (Phi) is 6.60. The summed E-state index contributed by atoms with van der Waals surface area (Å²) in [5.41, 5.74) is 3.53. The molecule has 0 saturated carbocycles. The lowest BCUT2D eigenvalue weighted by molar-refractivity contribution is 0.377. The fourth-order valence-electron chi connectivity index (χ4n) is 4.71. The van der Waals surface area contributed by atoms with Crippen molar-refractivity contribution in [2.75, 3.05) is 37.6 Å². The van der Waals surface area contributed by atoms with Crippen LogP contribution in [0.3, 0.4) is 0 Å². The number of nitrogens with zero attached hydrogens (tertiary/aromatic N) is 5. The molecule has 31 heavy (non-hydrogen) atoms. The zero-order valence-electron chi connectivity index (χ0n) is 18.8. The molecule has 1 aromatic heterocycles. The molecule has 0 amide bonds. The molecule has 7 nitrogen and oxygen atoms in total. The molecule has 1 atom stereocenters. The van der Waals surface area contributed by atoms with Crippen molar-refractivity contribution in [3.05, 3.63) is 53.0 Å². The first-order valence-corrected chi connectivity index (χ1v) is 12.7. The Hall–Kier alpha value is -2.03. The lowest BCUT2D eigenvalue weighted by Crippen LogP contribution is -2.42. The maximum atomic E-state index is 12.9. The van der Waals surface area contributed by atoms with E-state index in [2.05, 4.69) is 36.1 Å². The zero-order chi connectivity index (χ0) is 22.0. The van der Waals surface area contributed by atoms with Crippen LogP contribution < -0.4 is 4.90 Å². The Labute approximate surface area is 186 Å². The molecule has 0 spiro atoms. The molecule has 168 valence electrons. The molecule has 0 bridgehead atoms. The van der Waals surface area contributed by atoms with Crippen LogP contribution in [0, 0.1) is 6.92 Å². The number of benzene rings is 1. The van der Waals surface area contributed by atoms with Gasteiger partial charge in [0, 0.05) is 56.4 Å². The van der Waals surface area contributed by atoms with E-state index in [1.165, 1.54) is 15.4 Å². The van der Waals surface area contributed by atoms with Crippen LogP contribution in [0.5, 0.6) is 0 Å². The van der Waals surface area contributed by atoms with E-state index in [1.54, 1.807) is 4.31 Å². The second-order valence-corrected chi connectivity index (χ2v) is 10.3. The summed E-state index contributed by atoms with van der Waals surface area (Å²) in [4.78, 5) is 12.2. The highest BCUT2D eigenvalue weighted by atomic mass is 32.2. The van der Waals surface area contributed by atoms with Crippen LogP contribution >= 0.6 is 0 Å². The highest BCUT2D eigenvalue weighted by Crippen LogP contribution is 2.33. The Balaban J connectivity index is 1.58. The third-order valence-electron chi connectivity index (χ3n) is 6.45. The molecular weight excluding hydrogens is 410 g/mol. The van der Waals surface area contributed by atoms with E-state index >= 15 is 0 Å². The molecule has 2 aliphatic rings. The number of hydrogen-bond acceptors (Lipinski definition) is 5. The van der Waals surface area contributed by atoms with Crippen molar-refractivity contribution in [3.63, 3.8) is 0 Å². The molecule has 1 fully saturated rings. The average Bonchev–Trinajstić information content (AvgIpc) is 3.27. The summed E-state index contributed by atoms with van der Waals surface area (Å²) in [6.07, 6.45) is 2.86. The minimum absolute atomic E-state index is 0.0369. The monoisotopic (exact) mass is 443 g/mol. The van der Waals surface area contributed by atoms with E-state index in [1.807, 2.05) is 19.9 Å². The second kappa shape index (κ2) is 9.22. The fraction of sp³-hybridized carbons (Fsp3) is 0.565. The van der Waals surface area contributed by atoms with Crippen LogP contribution in [-0.4, -0.2) is 59.7 Å². The van der Waals surface area contributed by atoms with E-state index in [-0.39, 0.29) is 5.92 Å². The van der Waals surface area contributed by atoms with Gasteiger partial charge in [0.05, 0.1) is 0 Å². The molecule has 1 saturated heterocycles. The molecule has 2 aliphatic heterocycles. The van der Waals surface area contributed by atoms with Crippen molar-refractivity contribution in [3.8, 4) is 0 Å². The van der Waals surface area contributed by atoms with Gasteiger partial charge in [-0.1, -0.05) is 44.2 Å². The van der Waals surface area contributed by atoms with Crippen LogP contribution in [0.1, 0.15) is 55.3 Å². The van der Waals surface area contributed by atoms with Gasteiger partial charge in [0.25, 0.3) is 10.2 Å². The van der Waals surface area contributed by atoms with Crippen LogP contribution in [0.25, 0.3) is 0 Å². The molecule has 2 aromatic rings. The topological polar surface area (TPSA) is 69.6 Å². The number of fused-ring (bicyclic) bond motifs is 1. The van der Waals surface area contributed by atoms with E-state index in [0.29, 0.717) is 26.2 Å². The van der Waals surface area contributed by atoms with Gasteiger partial charge in [-0.05, 0) is 31.7 Å². The van der Waals surface area contributed by atoms with Crippen molar-refractivity contribution < 1.29 is 8.42 Å². The van der Waals surface area contributed by atoms with Gasteiger partial charge >= 0.3 is 0 Å². The Morgan fingerprint density at radius 2 is 1.84 bits per heavy atom. The smallest absolute Gasteiger partial charge is 0.281 e. The Morgan fingerprint density at radius 1 is 1.10 bits per heavy atom. The molecule has 0 aliphatic carbocycles. The van der Waals surface area contributed by atoms with Gasteiger partial charge in [0.2, 0.25) is 0 Å². The summed E-state index contributed by atoms with van der Waals surface area (Å²) in [7, 11) is -3.42. The number of aromatic nitrogens is 2. The van der Waals surface area contributed by atoms with Crippen molar-refractivity contribution in [1.82, 2.24) is 18.6 Å². The van der Waals surface area contributed by atoms with Crippen LogP contribution in [-0.2, 0) is 23.2 Å². The summed E-state index contributed by atoms with van der Waals surface area (Å²) in [6, 6.07) is 10.5. The van der Waals surface area contributed by atoms with Gasteiger partial charge in [-0.15, -0.1) is 0 Å². The van der Waals surface area contributed by atoms with Crippen molar-refractivity contribution in [1.29, 1.82) is 0 Å². The van der Waals surface area contributed by atoms with Crippen molar-refractivity contribution in [2.24, 2.45) is 0 Å². The molecule has 0 radical (unpaired) electrons. The van der Waals surface area contributed by atoms with Crippen LogP contribution in [0.4, 0.5) is 5.82 Å². The molecule has 3 heterocycles. The average molecular weight is 444 g/mol. The third kappa shape index (κ3) is 4.47. The standard InChI is InChI=1S/C23H33N5O2S/c1-4-27(5-2)31(29,30)28-15-13-20(17-28)22-24-18(3)21-12-9-14-26(23(21)25-22)16-19-10-7-6-8-11-19/h6-8,10-11,20H,4-5,9,12-17H2,1-3H3. The lowest BCUT2D eigenvalue weighted by atomic mass is 10.0. The molecule has 1 unspecified atom stereocenters. The molecular formula is C23H33N5O2S. The summed E-state index contributed by atoms with van der Waals surface area (Å²) in [5, 5.41) is 0. The van der Waals surface area contributed by atoms with Gasteiger partial charge in [-0.25, -0.2) is 9.97 Å². The Morgan fingerprint density at radius 3 is 2.55 bits per heavy atom. The SMILES string of the molecule is CCN(CC)S(=O)(=O)N1CCC(c2nc(C)c3c(n2)N(Cc2ccccc2)CCC3)C1. The lowest BCUT2D eigenvalue weighted by Gasteiger charge is -2.31. The van der Waals surface area contributed by atoms with Gasteiger partial charge in [0.1, 0.15) is 11.6 Å². The fourth-order valence-corrected chi connectivity index (χ4v) is 6.39. The minimum Gasteiger partial charge on any atom is -0.352 e. The summed E-state index contributed by atoms with van der Waals surface area (Å²) in [5.74, 6) is 1.85. The summed E-state index contributed by atoms with van der Waals surface area (Å²) >= 11 is 0. The van der Waals surface area contributed by atoms with Crippen molar-refractivity contribution >= 4 is 16.0 Å². The van der Waals surface area contributed by atoms with Gasteiger partial charge in [0.15, 0.2) is 0 Å². The third-order valence-corrected chi connectivity index (χ3v) is 8.61. The first-order valence-electron chi connectivity index (χ1n) is 11.4. The number of rotatable bonds is 7. The van der Waals surface area contributed by atoms with Gasteiger partial charge in [-0.3, -0.25) is 0 Å². The second-order valence-electron chi connectivity index (χ2n) is 8.42. The molecule has 0 N–H and O–H groups in total. The predicted molar refractivity (Wildman–Crippen MR) is 123 cm³/mol. The van der Waals surface area contributed by atoms with Crippen LogP contribution in [0.15, 0.2) is 30.3 Å². The number of aryl methyl sites for hydroxylation is 1. The van der Waals surface area contributed by atoms with E-state index in [4.69, 9.17) is 9.97 Å². The molecule has 4 rings (SSSR count). The largest absolute Gasteiger partial charge is 0.352 e. The maximum absolute atomic E-state index is 12.9. The van der Waals surface area contributed by atoms with Gasteiger partial charge in [-0.2, -0.15) is 17.0 Å². The number of hydrogen-bond donors (Lipinski definition) is 0. The van der Waals surface area contributed by atoms with E-state index in [0.717, 1.165) is 49.7 Å². The van der Waals surface area contributed by atoms with Gasteiger partial charge < -0.3 is 4.90 Å². The zero-order valence-corrected chi connectivity index (χ0v) is 19.6. The summed E-state index contributed by atoms with van der Waals surface area (Å²) in [6.45, 7) is 9.59. The first kappa shape index (κ1) is 22.2. The van der Waals surface area contributed by atoms with E-state index < -0.39 is 10.2 Å². The highest BCUT2D eigenvalue weighted by Gasteiger charge is 2.37. The minimum atomic E-state index is -3.42. The highest BCUT2D eigenvalue weighted by molar-refractivity contribution is 7.86. The van der Waals surface area contributed by atoms with E-state index in [9.17, 15) is 8.42 Å². The number of anilines is 1. The van der Waals surface area contributed by atoms with Crippen LogP contribution in [0.2, 0.25) is 0 Å². The Bertz CT molecular complexity index is 1010.